The van der Waals surface area contributed by atoms with Crippen molar-refractivity contribution in [2.75, 3.05) is 37.6 Å². The zero-order valence-electron chi connectivity index (χ0n) is 16.7. The number of likely N-dealkylation sites (tertiary alicyclic amines) is 1. The lowest BCUT2D eigenvalue weighted by Gasteiger charge is -2.42. The molecule has 2 amide bonds. The number of rotatable bonds is 4. The molecule has 2 saturated heterocycles. The summed E-state index contributed by atoms with van der Waals surface area (Å²) in [6.45, 7) is 9.00. The van der Waals surface area contributed by atoms with E-state index in [4.69, 9.17) is 0 Å². The molecule has 27 heavy (non-hydrogen) atoms. The molecule has 148 valence electrons. The number of aromatic nitrogens is 2. The molecule has 0 spiro atoms. The molecule has 0 aromatic carbocycles. The van der Waals surface area contributed by atoms with Crippen molar-refractivity contribution in [3.8, 4) is 0 Å². The van der Waals surface area contributed by atoms with Crippen molar-refractivity contribution in [3.63, 3.8) is 0 Å². The Balaban J connectivity index is 1.63. The standard InChI is InChI=1S/C20H31N5O2/c1-4-16-8-5-6-11-25(16)18(27)20(2,3)17(26)23-12-14-24(15-13-23)19-21-9-7-10-22-19/h7,9-10,16H,4-6,8,11-15H2,1-3H3. The first-order chi connectivity index (χ1) is 12.9. The van der Waals surface area contributed by atoms with Crippen LogP contribution in [0, 0.1) is 5.41 Å². The number of piperidine rings is 1. The van der Waals surface area contributed by atoms with E-state index in [2.05, 4.69) is 21.8 Å². The number of hydrogen-bond acceptors (Lipinski definition) is 5. The second-order valence-corrected chi connectivity index (χ2v) is 8.01. The minimum absolute atomic E-state index is 0.0205. The molecule has 7 heteroatoms. The summed E-state index contributed by atoms with van der Waals surface area (Å²) in [7, 11) is 0. The summed E-state index contributed by atoms with van der Waals surface area (Å²) in [6, 6.07) is 2.06. The van der Waals surface area contributed by atoms with Gasteiger partial charge in [0.05, 0.1) is 0 Å². The van der Waals surface area contributed by atoms with Crippen LogP contribution in [0.15, 0.2) is 18.5 Å². The molecule has 1 aromatic rings. The van der Waals surface area contributed by atoms with E-state index in [1.807, 2.05) is 9.80 Å². The zero-order chi connectivity index (χ0) is 19.4. The molecule has 3 rings (SSSR count). The van der Waals surface area contributed by atoms with Gasteiger partial charge in [0.1, 0.15) is 5.41 Å². The maximum atomic E-state index is 13.2. The highest BCUT2D eigenvalue weighted by atomic mass is 16.2. The largest absolute Gasteiger partial charge is 0.339 e. The van der Waals surface area contributed by atoms with Gasteiger partial charge in [0.15, 0.2) is 0 Å². The fourth-order valence-electron chi connectivity index (χ4n) is 4.10. The van der Waals surface area contributed by atoms with Gasteiger partial charge in [-0.25, -0.2) is 9.97 Å². The van der Waals surface area contributed by atoms with E-state index in [9.17, 15) is 9.59 Å². The van der Waals surface area contributed by atoms with Gasteiger partial charge in [0.25, 0.3) is 0 Å². The Kier molecular flexibility index (Phi) is 5.97. The van der Waals surface area contributed by atoms with E-state index in [1.165, 1.54) is 6.42 Å². The van der Waals surface area contributed by atoms with Crippen molar-refractivity contribution >= 4 is 17.8 Å². The van der Waals surface area contributed by atoms with Gasteiger partial charge in [-0.15, -0.1) is 0 Å². The minimum Gasteiger partial charge on any atom is -0.339 e. The van der Waals surface area contributed by atoms with Crippen LogP contribution < -0.4 is 4.90 Å². The van der Waals surface area contributed by atoms with Crippen LogP contribution in [0.3, 0.4) is 0 Å². The van der Waals surface area contributed by atoms with E-state index < -0.39 is 5.41 Å². The van der Waals surface area contributed by atoms with E-state index >= 15 is 0 Å². The second-order valence-electron chi connectivity index (χ2n) is 8.01. The van der Waals surface area contributed by atoms with Crippen LogP contribution in [-0.4, -0.2) is 70.3 Å². The minimum atomic E-state index is -1.02. The van der Waals surface area contributed by atoms with Crippen molar-refractivity contribution in [1.82, 2.24) is 19.8 Å². The SMILES string of the molecule is CCC1CCCCN1C(=O)C(C)(C)C(=O)N1CCN(c2ncccn2)CC1. The van der Waals surface area contributed by atoms with Gasteiger partial charge >= 0.3 is 0 Å². The lowest BCUT2D eigenvalue weighted by molar-refractivity contribution is -0.156. The normalized spacial score (nSPS) is 21.3. The molecular formula is C20H31N5O2. The van der Waals surface area contributed by atoms with Gasteiger partial charge in [0.2, 0.25) is 17.8 Å². The first-order valence-electron chi connectivity index (χ1n) is 10.1. The Morgan fingerprint density at radius 1 is 1.04 bits per heavy atom. The summed E-state index contributed by atoms with van der Waals surface area (Å²) in [5.41, 5.74) is -1.02. The van der Waals surface area contributed by atoms with E-state index in [-0.39, 0.29) is 17.9 Å². The van der Waals surface area contributed by atoms with Crippen molar-refractivity contribution in [2.24, 2.45) is 5.41 Å². The average molecular weight is 374 g/mol. The number of anilines is 1. The summed E-state index contributed by atoms with van der Waals surface area (Å²) in [4.78, 5) is 40.8. The molecule has 3 heterocycles. The molecule has 1 aromatic heterocycles. The van der Waals surface area contributed by atoms with Crippen LogP contribution in [0.4, 0.5) is 5.95 Å². The molecule has 0 saturated carbocycles. The van der Waals surface area contributed by atoms with Gasteiger partial charge in [-0.3, -0.25) is 9.59 Å². The van der Waals surface area contributed by atoms with E-state index in [0.717, 1.165) is 25.8 Å². The van der Waals surface area contributed by atoms with Crippen LogP contribution in [0.2, 0.25) is 0 Å². The molecule has 0 aliphatic carbocycles. The molecule has 1 unspecified atom stereocenters. The smallest absolute Gasteiger partial charge is 0.237 e. The van der Waals surface area contributed by atoms with Crippen molar-refractivity contribution in [2.45, 2.75) is 52.5 Å². The average Bonchev–Trinajstić information content (AvgIpc) is 2.73. The number of carbonyl (C=O) groups excluding carboxylic acids is 2. The highest BCUT2D eigenvalue weighted by Crippen LogP contribution is 2.29. The highest BCUT2D eigenvalue weighted by molar-refractivity contribution is 6.04. The van der Waals surface area contributed by atoms with Gasteiger partial charge in [0, 0.05) is 51.2 Å². The Morgan fingerprint density at radius 3 is 2.33 bits per heavy atom. The Labute approximate surface area is 161 Å². The number of hydrogen-bond donors (Lipinski definition) is 0. The summed E-state index contributed by atoms with van der Waals surface area (Å²) in [6.07, 6.45) is 7.64. The number of nitrogens with zero attached hydrogens (tertiary/aromatic N) is 5. The number of amides is 2. The van der Waals surface area contributed by atoms with Crippen LogP contribution >= 0.6 is 0 Å². The fraction of sp³-hybridized carbons (Fsp3) is 0.700. The zero-order valence-corrected chi connectivity index (χ0v) is 16.7. The maximum Gasteiger partial charge on any atom is 0.237 e. The molecule has 0 radical (unpaired) electrons. The fourth-order valence-corrected chi connectivity index (χ4v) is 4.10. The molecule has 0 N–H and O–H groups in total. The molecule has 0 bridgehead atoms. The lowest BCUT2D eigenvalue weighted by Crippen LogP contribution is -2.58. The highest BCUT2D eigenvalue weighted by Gasteiger charge is 2.44. The van der Waals surface area contributed by atoms with Crippen molar-refractivity contribution in [3.05, 3.63) is 18.5 Å². The van der Waals surface area contributed by atoms with Gasteiger partial charge < -0.3 is 14.7 Å². The number of carbonyl (C=O) groups is 2. The van der Waals surface area contributed by atoms with Crippen molar-refractivity contribution in [1.29, 1.82) is 0 Å². The topological polar surface area (TPSA) is 69.6 Å². The molecule has 7 nitrogen and oxygen atoms in total. The van der Waals surface area contributed by atoms with Gasteiger partial charge in [-0.05, 0) is 45.6 Å². The summed E-state index contributed by atoms with van der Waals surface area (Å²) in [5, 5.41) is 0. The summed E-state index contributed by atoms with van der Waals surface area (Å²) >= 11 is 0. The quantitative estimate of drug-likeness (QED) is 0.755. The molecule has 1 atom stereocenters. The third-order valence-electron chi connectivity index (χ3n) is 5.83. The monoisotopic (exact) mass is 373 g/mol. The maximum absolute atomic E-state index is 13.2. The third-order valence-corrected chi connectivity index (χ3v) is 5.83. The van der Waals surface area contributed by atoms with Crippen LogP contribution in [0.5, 0.6) is 0 Å². The lowest BCUT2D eigenvalue weighted by atomic mass is 9.87. The Hall–Kier alpha value is -2.18. The van der Waals surface area contributed by atoms with Crippen LogP contribution in [0.1, 0.15) is 46.5 Å². The first-order valence-corrected chi connectivity index (χ1v) is 10.1. The summed E-state index contributed by atoms with van der Waals surface area (Å²) < 4.78 is 0. The first kappa shape index (κ1) is 19.6. The molecule has 2 fully saturated rings. The van der Waals surface area contributed by atoms with Crippen LogP contribution in [-0.2, 0) is 9.59 Å². The predicted octanol–water partition coefficient (Wildman–Crippen LogP) is 1.94. The van der Waals surface area contributed by atoms with Gasteiger partial charge in [-0.2, -0.15) is 0 Å². The molecular weight excluding hydrogens is 342 g/mol. The number of piperazine rings is 1. The van der Waals surface area contributed by atoms with Crippen molar-refractivity contribution < 1.29 is 9.59 Å². The summed E-state index contributed by atoms with van der Waals surface area (Å²) in [5.74, 6) is 0.605. The van der Waals surface area contributed by atoms with Crippen LogP contribution in [0.25, 0.3) is 0 Å². The second kappa shape index (κ2) is 8.23. The van der Waals surface area contributed by atoms with E-state index in [0.29, 0.717) is 32.1 Å². The van der Waals surface area contributed by atoms with Gasteiger partial charge in [-0.1, -0.05) is 6.92 Å². The molecule has 2 aliphatic heterocycles. The third kappa shape index (κ3) is 4.06. The predicted molar refractivity (Wildman–Crippen MR) is 104 cm³/mol. The van der Waals surface area contributed by atoms with E-state index in [1.54, 1.807) is 32.3 Å². The Bertz CT molecular complexity index is 656. The Morgan fingerprint density at radius 2 is 1.70 bits per heavy atom. The molecule has 2 aliphatic rings.